The van der Waals surface area contributed by atoms with Crippen LogP contribution < -0.4 is 15.8 Å². The van der Waals surface area contributed by atoms with E-state index in [0.717, 1.165) is 11.3 Å². The summed E-state index contributed by atoms with van der Waals surface area (Å²) in [7, 11) is 0. The Bertz CT molecular complexity index is 671. The van der Waals surface area contributed by atoms with Gasteiger partial charge in [-0.1, -0.05) is 37.3 Å². The Morgan fingerprint density at radius 2 is 1.96 bits per heavy atom. The molecule has 0 fully saturated rings. The number of benzene rings is 2. The zero-order valence-corrected chi connectivity index (χ0v) is 13.1. The number of hydrogen-bond donors (Lipinski definition) is 3. The van der Waals surface area contributed by atoms with Gasteiger partial charge in [0.15, 0.2) is 5.96 Å². The van der Waals surface area contributed by atoms with Crippen molar-refractivity contribution >= 4 is 17.6 Å². The normalized spacial score (nSPS) is 11.5. The fourth-order valence-electron chi connectivity index (χ4n) is 2.30. The summed E-state index contributed by atoms with van der Waals surface area (Å²) in [4.78, 5) is 12.3. The number of ether oxygens (including phenoxy) is 1. The molecule has 0 aliphatic heterocycles. The quantitative estimate of drug-likeness (QED) is 0.331. The van der Waals surface area contributed by atoms with Crippen molar-refractivity contribution in [3.63, 3.8) is 0 Å². The monoisotopic (exact) mass is 311 g/mol. The maximum Gasteiger partial charge on any atom is 0.314 e. The lowest BCUT2D eigenvalue weighted by atomic mass is 9.96. The molecule has 2 rings (SSSR count). The molecule has 0 aromatic heterocycles. The molecule has 0 aliphatic rings. The summed E-state index contributed by atoms with van der Waals surface area (Å²) in [6.07, 6.45) is 1.27. The third-order valence-electron chi connectivity index (χ3n) is 3.48. The first-order chi connectivity index (χ1) is 11.1. The van der Waals surface area contributed by atoms with Crippen molar-refractivity contribution in [2.24, 2.45) is 11.7 Å². The molecule has 0 aliphatic carbocycles. The van der Waals surface area contributed by atoms with Crippen LogP contribution in [0, 0.1) is 11.3 Å². The minimum absolute atomic E-state index is 0.113. The van der Waals surface area contributed by atoms with Gasteiger partial charge in [-0.3, -0.25) is 10.2 Å². The number of esters is 1. The van der Waals surface area contributed by atoms with E-state index < -0.39 is 0 Å². The van der Waals surface area contributed by atoms with E-state index in [2.05, 4.69) is 5.32 Å². The molecule has 1 unspecified atom stereocenters. The number of nitrogens with one attached hydrogen (secondary N) is 2. The fourth-order valence-corrected chi connectivity index (χ4v) is 2.30. The number of anilines is 1. The average molecular weight is 311 g/mol. The summed E-state index contributed by atoms with van der Waals surface area (Å²) >= 11 is 0. The van der Waals surface area contributed by atoms with Gasteiger partial charge in [0.2, 0.25) is 0 Å². The largest absolute Gasteiger partial charge is 0.426 e. The summed E-state index contributed by atoms with van der Waals surface area (Å²) in [5.41, 5.74) is 7.07. The first kappa shape index (κ1) is 16.5. The zero-order chi connectivity index (χ0) is 16.7. The van der Waals surface area contributed by atoms with Gasteiger partial charge in [-0.2, -0.15) is 0 Å². The van der Waals surface area contributed by atoms with E-state index in [1.807, 2.05) is 49.4 Å². The maximum absolute atomic E-state index is 12.3. The number of rotatable bonds is 6. The van der Waals surface area contributed by atoms with Crippen LogP contribution in [0.2, 0.25) is 0 Å². The highest BCUT2D eigenvalue weighted by molar-refractivity contribution is 5.89. The molecule has 2 aromatic carbocycles. The number of para-hydroxylation sites is 1. The molecule has 0 radical (unpaired) electrons. The van der Waals surface area contributed by atoms with Crippen LogP contribution in [0.15, 0.2) is 54.6 Å². The fraction of sp³-hybridized carbons (Fsp3) is 0.222. The van der Waals surface area contributed by atoms with Crippen LogP contribution in [-0.4, -0.2) is 11.9 Å². The van der Waals surface area contributed by atoms with Gasteiger partial charge >= 0.3 is 5.97 Å². The van der Waals surface area contributed by atoms with Crippen LogP contribution >= 0.6 is 0 Å². The van der Waals surface area contributed by atoms with E-state index in [0.29, 0.717) is 18.6 Å². The molecule has 0 saturated heterocycles. The lowest BCUT2D eigenvalue weighted by molar-refractivity contribution is -0.139. The van der Waals surface area contributed by atoms with Crippen LogP contribution in [0.5, 0.6) is 5.75 Å². The smallest absolute Gasteiger partial charge is 0.314 e. The molecule has 5 nitrogen and oxygen atoms in total. The van der Waals surface area contributed by atoms with Crippen LogP contribution in [0.1, 0.15) is 18.9 Å². The van der Waals surface area contributed by atoms with Crippen molar-refractivity contribution in [2.45, 2.75) is 19.8 Å². The van der Waals surface area contributed by atoms with E-state index in [9.17, 15) is 4.79 Å². The molecule has 4 N–H and O–H groups in total. The molecule has 0 heterocycles. The van der Waals surface area contributed by atoms with Crippen LogP contribution in [-0.2, 0) is 11.2 Å². The molecule has 2 aromatic rings. The predicted molar refractivity (Wildman–Crippen MR) is 91.5 cm³/mol. The molecule has 1 atom stereocenters. The lowest BCUT2D eigenvalue weighted by Gasteiger charge is -2.15. The lowest BCUT2D eigenvalue weighted by Crippen LogP contribution is -2.22. The summed E-state index contributed by atoms with van der Waals surface area (Å²) in [5.74, 6) is -0.00737. The van der Waals surface area contributed by atoms with Crippen molar-refractivity contribution in [3.8, 4) is 5.75 Å². The third kappa shape index (κ3) is 5.14. The van der Waals surface area contributed by atoms with Gasteiger partial charge < -0.3 is 15.8 Å². The topological polar surface area (TPSA) is 88.2 Å². The summed E-state index contributed by atoms with van der Waals surface area (Å²) in [6, 6.07) is 16.6. The minimum atomic E-state index is -0.233. The van der Waals surface area contributed by atoms with E-state index in [1.165, 1.54) is 0 Å². The summed E-state index contributed by atoms with van der Waals surface area (Å²) in [5, 5.41) is 10.0. The molecule has 0 saturated carbocycles. The number of hydrogen-bond acceptors (Lipinski definition) is 3. The van der Waals surface area contributed by atoms with Gasteiger partial charge in [0.1, 0.15) is 5.75 Å². The number of carbonyl (C=O) groups is 1. The molecule has 0 bridgehead atoms. The molecule has 5 heteroatoms. The van der Waals surface area contributed by atoms with Gasteiger partial charge in [-0.05, 0) is 42.7 Å². The second-order valence-corrected chi connectivity index (χ2v) is 5.28. The van der Waals surface area contributed by atoms with Crippen molar-refractivity contribution < 1.29 is 9.53 Å². The molecular weight excluding hydrogens is 290 g/mol. The highest BCUT2D eigenvalue weighted by atomic mass is 16.5. The molecule has 0 spiro atoms. The summed E-state index contributed by atoms with van der Waals surface area (Å²) in [6.45, 7) is 1.97. The van der Waals surface area contributed by atoms with Gasteiger partial charge in [0, 0.05) is 5.69 Å². The van der Waals surface area contributed by atoms with Crippen molar-refractivity contribution in [1.29, 1.82) is 5.41 Å². The molecule has 0 amide bonds. The minimum Gasteiger partial charge on any atom is -0.426 e. The van der Waals surface area contributed by atoms with Gasteiger partial charge in [0.05, 0.1) is 5.92 Å². The third-order valence-corrected chi connectivity index (χ3v) is 3.48. The Labute approximate surface area is 136 Å². The van der Waals surface area contributed by atoms with Gasteiger partial charge in [0.25, 0.3) is 0 Å². The van der Waals surface area contributed by atoms with Crippen LogP contribution in [0.25, 0.3) is 0 Å². The first-order valence-corrected chi connectivity index (χ1v) is 7.55. The number of guanidine groups is 1. The maximum atomic E-state index is 12.3. The highest BCUT2D eigenvalue weighted by Gasteiger charge is 2.19. The number of nitrogens with two attached hydrogens (primary N) is 1. The molecule has 23 heavy (non-hydrogen) atoms. The van der Waals surface area contributed by atoms with Crippen LogP contribution in [0.3, 0.4) is 0 Å². The van der Waals surface area contributed by atoms with E-state index in [1.54, 1.807) is 12.1 Å². The standard InChI is InChI=1S/C18H21N3O2/c1-2-14(17(22)23-16-9-4-3-5-10-16)11-13-7-6-8-15(12-13)21-18(19)20/h3-10,12,14H,2,11H2,1H3,(H4,19,20,21). The highest BCUT2D eigenvalue weighted by Crippen LogP contribution is 2.19. The van der Waals surface area contributed by atoms with E-state index in [4.69, 9.17) is 15.9 Å². The Balaban J connectivity index is 2.04. The molecule has 120 valence electrons. The SMILES string of the molecule is CCC(Cc1cccc(NC(=N)N)c1)C(=O)Oc1ccccc1. The average Bonchev–Trinajstić information content (AvgIpc) is 2.53. The summed E-state index contributed by atoms with van der Waals surface area (Å²) < 4.78 is 5.43. The van der Waals surface area contributed by atoms with Crippen LogP contribution in [0.4, 0.5) is 5.69 Å². The van der Waals surface area contributed by atoms with Gasteiger partial charge in [-0.25, -0.2) is 0 Å². The Morgan fingerprint density at radius 3 is 2.61 bits per heavy atom. The zero-order valence-electron chi connectivity index (χ0n) is 13.1. The van der Waals surface area contributed by atoms with E-state index >= 15 is 0 Å². The second kappa shape index (κ2) is 7.98. The number of carbonyl (C=O) groups excluding carboxylic acids is 1. The first-order valence-electron chi connectivity index (χ1n) is 7.55. The second-order valence-electron chi connectivity index (χ2n) is 5.28. The van der Waals surface area contributed by atoms with Crippen molar-refractivity contribution in [3.05, 3.63) is 60.2 Å². The van der Waals surface area contributed by atoms with Crippen molar-refractivity contribution in [1.82, 2.24) is 0 Å². The Kier molecular flexibility index (Phi) is 5.74. The van der Waals surface area contributed by atoms with E-state index in [-0.39, 0.29) is 17.8 Å². The van der Waals surface area contributed by atoms with Crippen molar-refractivity contribution in [2.75, 3.05) is 5.32 Å². The molecular formula is C18H21N3O2. The Morgan fingerprint density at radius 1 is 1.22 bits per heavy atom. The Hall–Kier alpha value is -2.82. The van der Waals surface area contributed by atoms with Gasteiger partial charge in [-0.15, -0.1) is 0 Å². The predicted octanol–water partition coefficient (Wildman–Crippen LogP) is 3.17.